The van der Waals surface area contributed by atoms with Crippen LogP contribution in [0.4, 0.5) is 0 Å². The van der Waals surface area contributed by atoms with E-state index >= 15 is 0 Å². The van der Waals surface area contributed by atoms with Crippen LogP contribution in [-0.2, 0) is 22.9 Å². The summed E-state index contributed by atoms with van der Waals surface area (Å²) < 4.78 is 34.2. The molecule has 0 saturated carbocycles. The zero-order valence-electron chi connectivity index (χ0n) is 15.6. The molecule has 3 aromatic carbocycles. The second-order valence-electron chi connectivity index (χ2n) is 7.17. The van der Waals surface area contributed by atoms with Crippen molar-refractivity contribution >= 4 is 32.6 Å². The summed E-state index contributed by atoms with van der Waals surface area (Å²) in [5, 5.41) is 2.07. The lowest BCUT2D eigenvalue weighted by molar-refractivity contribution is 0.413. The number of thioether (sulfide) groups is 1. The van der Waals surface area contributed by atoms with E-state index in [-0.39, 0.29) is 5.37 Å². The Kier molecular flexibility index (Phi) is 4.38. The predicted octanol–water partition coefficient (Wildman–Crippen LogP) is 4.38. The monoisotopic (exact) mass is 411 g/mol. The fourth-order valence-electron chi connectivity index (χ4n) is 4.33. The Morgan fingerprint density at radius 1 is 1.04 bits per heavy atom. The first-order chi connectivity index (χ1) is 13.6. The molecule has 1 saturated heterocycles. The molecular formula is C22H21NO3S2. The zero-order valence-corrected chi connectivity index (χ0v) is 17.2. The molecule has 0 aromatic heterocycles. The lowest BCUT2D eigenvalue weighted by Gasteiger charge is -2.25. The Hall–Kier alpha value is -2.02. The number of methoxy groups -OCH3 is 1. The fraction of sp³-hybridized carbons (Fsp3) is 0.273. The van der Waals surface area contributed by atoms with Gasteiger partial charge in [0.15, 0.2) is 0 Å². The molecule has 0 unspecified atom stereocenters. The predicted molar refractivity (Wildman–Crippen MR) is 113 cm³/mol. The maximum absolute atomic E-state index is 13.7. The normalized spacial score (nSPS) is 19.4. The maximum Gasteiger partial charge on any atom is 0.244 e. The SMILES string of the molecule is COc1ccc([C@H]2SCCN2S(=O)(=O)c2ccc3cccc4c3c2CC4)cc1. The topological polar surface area (TPSA) is 46.6 Å². The van der Waals surface area contributed by atoms with E-state index < -0.39 is 10.0 Å². The number of benzene rings is 3. The lowest BCUT2D eigenvalue weighted by Crippen LogP contribution is -2.31. The van der Waals surface area contributed by atoms with Crippen LogP contribution in [0.3, 0.4) is 0 Å². The molecule has 0 bridgehead atoms. The van der Waals surface area contributed by atoms with Crippen LogP contribution >= 0.6 is 11.8 Å². The smallest absolute Gasteiger partial charge is 0.244 e. The molecule has 28 heavy (non-hydrogen) atoms. The molecule has 1 fully saturated rings. The van der Waals surface area contributed by atoms with Crippen LogP contribution in [0.2, 0.25) is 0 Å². The summed E-state index contributed by atoms with van der Waals surface area (Å²) in [6.07, 6.45) is 1.70. The maximum atomic E-state index is 13.7. The van der Waals surface area contributed by atoms with Crippen LogP contribution in [-0.4, -0.2) is 32.1 Å². The summed E-state index contributed by atoms with van der Waals surface area (Å²) in [7, 11) is -1.94. The van der Waals surface area contributed by atoms with Gasteiger partial charge in [-0.3, -0.25) is 0 Å². The van der Waals surface area contributed by atoms with Crippen molar-refractivity contribution in [2.75, 3.05) is 19.4 Å². The summed E-state index contributed by atoms with van der Waals surface area (Å²) >= 11 is 1.67. The highest BCUT2D eigenvalue weighted by Gasteiger charge is 2.38. The van der Waals surface area contributed by atoms with Gasteiger partial charge in [0.2, 0.25) is 10.0 Å². The summed E-state index contributed by atoms with van der Waals surface area (Å²) in [5.74, 6) is 1.57. The number of aryl methyl sites for hydroxylation is 2. The lowest BCUT2D eigenvalue weighted by atomic mass is 10.1. The minimum Gasteiger partial charge on any atom is -0.497 e. The minimum absolute atomic E-state index is 0.199. The number of ether oxygens (including phenoxy) is 1. The van der Waals surface area contributed by atoms with Crippen molar-refractivity contribution in [3.05, 3.63) is 71.3 Å². The molecule has 1 atom stereocenters. The minimum atomic E-state index is -3.57. The number of nitrogens with zero attached hydrogens (tertiary/aromatic N) is 1. The number of rotatable bonds is 4. The van der Waals surface area contributed by atoms with E-state index in [0.29, 0.717) is 11.4 Å². The van der Waals surface area contributed by atoms with E-state index in [4.69, 9.17) is 4.74 Å². The van der Waals surface area contributed by atoms with Crippen molar-refractivity contribution in [1.29, 1.82) is 0 Å². The first-order valence-corrected chi connectivity index (χ1v) is 11.9. The number of hydrogen-bond donors (Lipinski definition) is 0. The largest absolute Gasteiger partial charge is 0.497 e. The van der Waals surface area contributed by atoms with Gasteiger partial charge in [-0.1, -0.05) is 36.4 Å². The quantitative estimate of drug-likeness (QED) is 0.639. The highest BCUT2D eigenvalue weighted by atomic mass is 32.2. The third-order valence-electron chi connectivity index (χ3n) is 5.68. The van der Waals surface area contributed by atoms with Gasteiger partial charge in [-0.15, -0.1) is 11.8 Å². The molecule has 2 aliphatic rings. The van der Waals surface area contributed by atoms with Gasteiger partial charge in [0.05, 0.1) is 17.4 Å². The molecule has 6 heteroatoms. The third-order valence-corrected chi connectivity index (χ3v) is 9.02. The van der Waals surface area contributed by atoms with Crippen LogP contribution in [0.1, 0.15) is 22.1 Å². The summed E-state index contributed by atoms with van der Waals surface area (Å²) in [6.45, 7) is 0.531. The van der Waals surface area contributed by atoms with Crippen molar-refractivity contribution in [3.63, 3.8) is 0 Å². The molecule has 1 aliphatic carbocycles. The first kappa shape index (κ1) is 18.0. The Balaban J connectivity index is 1.58. The van der Waals surface area contributed by atoms with Crippen molar-refractivity contribution in [1.82, 2.24) is 4.31 Å². The van der Waals surface area contributed by atoms with Gasteiger partial charge in [0.1, 0.15) is 5.75 Å². The highest BCUT2D eigenvalue weighted by Crippen LogP contribution is 2.44. The molecule has 0 spiro atoms. The van der Waals surface area contributed by atoms with Crippen LogP contribution in [0.25, 0.3) is 10.8 Å². The van der Waals surface area contributed by atoms with E-state index in [1.165, 1.54) is 5.56 Å². The Morgan fingerprint density at radius 3 is 2.64 bits per heavy atom. The van der Waals surface area contributed by atoms with E-state index in [9.17, 15) is 8.42 Å². The van der Waals surface area contributed by atoms with Gasteiger partial charge in [0.25, 0.3) is 0 Å². The third kappa shape index (κ3) is 2.74. The average molecular weight is 412 g/mol. The van der Waals surface area contributed by atoms with Gasteiger partial charge in [-0.2, -0.15) is 4.31 Å². The van der Waals surface area contributed by atoms with E-state index in [2.05, 4.69) is 18.2 Å². The van der Waals surface area contributed by atoms with Crippen molar-refractivity contribution in [2.24, 2.45) is 0 Å². The van der Waals surface area contributed by atoms with Crippen molar-refractivity contribution in [3.8, 4) is 5.75 Å². The van der Waals surface area contributed by atoms with Gasteiger partial charge in [0, 0.05) is 12.3 Å². The Morgan fingerprint density at radius 2 is 1.86 bits per heavy atom. The molecule has 5 rings (SSSR count). The molecule has 1 heterocycles. The zero-order chi connectivity index (χ0) is 19.3. The molecule has 1 aliphatic heterocycles. The van der Waals surface area contributed by atoms with E-state index in [0.717, 1.165) is 46.2 Å². The first-order valence-electron chi connectivity index (χ1n) is 9.40. The summed E-state index contributed by atoms with van der Waals surface area (Å²) in [6, 6.07) is 17.7. The van der Waals surface area contributed by atoms with Gasteiger partial charge >= 0.3 is 0 Å². The van der Waals surface area contributed by atoms with Crippen molar-refractivity contribution in [2.45, 2.75) is 23.1 Å². The van der Waals surface area contributed by atoms with Gasteiger partial charge in [-0.25, -0.2) is 8.42 Å². The van der Waals surface area contributed by atoms with Crippen LogP contribution < -0.4 is 4.74 Å². The van der Waals surface area contributed by atoms with Gasteiger partial charge in [-0.05, 0) is 58.5 Å². The second kappa shape index (κ2) is 6.79. The van der Waals surface area contributed by atoms with Crippen LogP contribution in [0.15, 0.2) is 59.5 Å². The Bertz CT molecular complexity index is 1160. The van der Waals surface area contributed by atoms with E-state index in [1.54, 1.807) is 29.2 Å². The summed E-state index contributed by atoms with van der Waals surface area (Å²) in [4.78, 5) is 0.478. The van der Waals surface area contributed by atoms with Crippen LogP contribution in [0, 0.1) is 0 Å². The van der Waals surface area contributed by atoms with Crippen molar-refractivity contribution < 1.29 is 13.2 Å². The van der Waals surface area contributed by atoms with Crippen LogP contribution in [0.5, 0.6) is 5.75 Å². The molecule has 0 amide bonds. The average Bonchev–Trinajstić information content (AvgIpc) is 3.38. The number of sulfonamides is 1. The molecule has 4 nitrogen and oxygen atoms in total. The molecule has 3 aromatic rings. The van der Waals surface area contributed by atoms with Gasteiger partial charge < -0.3 is 4.74 Å². The Labute approximate surface area is 169 Å². The molecule has 144 valence electrons. The molecule has 0 radical (unpaired) electrons. The number of hydrogen-bond acceptors (Lipinski definition) is 4. The summed E-state index contributed by atoms with van der Waals surface area (Å²) in [5.41, 5.74) is 3.23. The standard InChI is InChI=1S/C22H21NO3S2/c1-26-18-9-5-17(6-10-18)22-23(13-14-27-22)28(24,25)20-12-8-16-4-2-3-15-7-11-19(20)21(15)16/h2-6,8-10,12,22H,7,11,13-14H2,1H3/t22-/m1/s1. The fourth-order valence-corrected chi connectivity index (χ4v) is 7.83. The highest BCUT2D eigenvalue weighted by molar-refractivity contribution is 8.01. The molecular weight excluding hydrogens is 390 g/mol. The molecule has 0 N–H and O–H groups in total. The van der Waals surface area contributed by atoms with E-state index in [1.807, 2.05) is 30.3 Å². The second-order valence-corrected chi connectivity index (χ2v) is 10.2.